The Bertz CT molecular complexity index is 1260. The Kier molecular flexibility index (Phi) is 7.92. The summed E-state index contributed by atoms with van der Waals surface area (Å²) in [5.74, 6) is 1.28. The molecule has 1 aliphatic heterocycles. The molecule has 40 heavy (non-hydrogen) atoms. The second kappa shape index (κ2) is 11.2. The molecular formula is C36H43IO3. The normalized spacial score (nSPS) is 31.4. The average Bonchev–Trinajstić information content (AvgIpc) is 3.55. The molecule has 2 bridgehead atoms. The van der Waals surface area contributed by atoms with E-state index in [1.807, 2.05) is 0 Å². The van der Waals surface area contributed by atoms with Gasteiger partial charge in [0.1, 0.15) is 12.2 Å². The van der Waals surface area contributed by atoms with Crippen LogP contribution < -0.4 is 0 Å². The largest absolute Gasteiger partial charge is 0.363 e. The molecule has 0 amide bonds. The van der Waals surface area contributed by atoms with Gasteiger partial charge in [-0.05, 0) is 59.1 Å². The standard InChI is InChI=1S/C36H43IO3/c1-34(2)29-20-21-36(34,4)33-28(29)22-30(39-33)38-31(26-16-10-6-11-17-26)32(27-18-12-7-13-19-27)40-35(3,24-37)23-25-14-8-5-9-15-25/h5-19,28-33H,20-24H2,1-4H3/t28-,29-,30-,31-,32+,33-,35?,36+/m1/s1. The number of benzene rings is 3. The van der Waals surface area contributed by atoms with E-state index in [0.29, 0.717) is 17.3 Å². The zero-order valence-corrected chi connectivity index (χ0v) is 26.4. The van der Waals surface area contributed by atoms with Gasteiger partial charge in [-0.1, -0.05) is 134 Å². The van der Waals surface area contributed by atoms with Crippen LogP contribution in [0.1, 0.15) is 75.9 Å². The fourth-order valence-electron chi connectivity index (χ4n) is 8.10. The molecule has 3 nitrogen and oxygen atoms in total. The summed E-state index contributed by atoms with van der Waals surface area (Å²) in [6.07, 6.45) is 3.84. The summed E-state index contributed by atoms with van der Waals surface area (Å²) in [6, 6.07) is 31.9. The molecule has 0 radical (unpaired) electrons. The van der Waals surface area contributed by atoms with E-state index in [4.69, 9.17) is 14.2 Å². The summed E-state index contributed by atoms with van der Waals surface area (Å²) in [4.78, 5) is 0. The Morgan fingerprint density at radius 3 is 2.02 bits per heavy atom. The highest BCUT2D eigenvalue weighted by Gasteiger charge is 2.69. The van der Waals surface area contributed by atoms with Gasteiger partial charge < -0.3 is 14.2 Å². The van der Waals surface area contributed by atoms with Gasteiger partial charge >= 0.3 is 0 Å². The van der Waals surface area contributed by atoms with Crippen molar-refractivity contribution in [2.45, 2.75) is 83.6 Å². The molecule has 3 fully saturated rings. The fraction of sp³-hybridized carbons (Fsp3) is 0.500. The van der Waals surface area contributed by atoms with Crippen LogP contribution in [0.2, 0.25) is 0 Å². The van der Waals surface area contributed by atoms with E-state index in [2.05, 4.69) is 141 Å². The molecule has 2 aliphatic carbocycles. The van der Waals surface area contributed by atoms with Crippen molar-refractivity contribution >= 4 is 22.6 Å². The van der Waals surface area contributed by atoms with Gasteiger partial charge in [-0.3, -0.25) is 0 Å². The highest BCUT2D eigenvalue weighted by Crippen LogP contribution is 2.71. The first-order valence-electron chi connectivity index (χ1n) is 14.9. The molecular weight excluding hydrogens is 607 g/mol. The van der Waals surface area contributed by atoms with E-state index >= 15 is 0 Å². The molecule has 3 aromatic rings. The van der Waals surface area contributed by atoms with E-state index in [1.165, 1.54) is 18.4 Å². The smallest absolute Gasteiger partial charge is 0.159 e. The zero-order valence-electron chi connectivity index (χ0n) is 24.3. The van der Waals surface area contributed by atoms with E-state index in [-0.39, 0.29) is 35.6 Å². The second-order valence-corrected chi connectivity index (χ2v) is 14.1. The molecule has 1 unspecified atom stereocenters. The van der Waals surface area contributed by atoms with Crippen molar-refractivity contribution in [1.29, 1.82) is 0 Å². The summed E-state index contributed by atoms with van der Waals surface area (Å²) in [7, 11) is 0. The molecule has 4 heteroatoms. The van der Waals surface area contributed by atoms with Crippen molar-refractivity contribution in [3.63, 3.8) is 0 Å². The van der Waals surface area contributed by atoms with Crippen molar-refractivity contribution in [2.24, 2.45) is 22.7 Å². The SMILES string of the molecule is CC(CI)(Cc1ccccc1)O[C@@H](c1ccccc1)[C@H](O[C@H]1C[C@@H]2[C@H]3CC[C@@](C)([C@@H]2O1)C3(C)C)c1ccccc1. The fourth-order valence-corrected chi connectivity index (χ4v) is 8.55. The zero-order chi connectivity index (χ0) is 28.0. The van der Waals surface area contributed by atoms with Gasteiger partial charge in [-0.15, -0.1) is 0 Å². The van der Waals surface area contributed by atoms with Crippen molar-refractivity contribution in [2.75, 3.05) is 4.43 Å². The predicted molar refractivity (Wildman–Crippen MR) is 169 cm³/mol. The third-order valence-corrected chi connectivity index (χ3v) is 12.2. The van der Waals surface area contributed by atoms with Gasteiger partial charge in [0, 0.05) is 17.3 Å². The molecule has 1 saturated heterocycles. The van der Waals surface area contributed by atoms with E-state index in [0.717, 1.165) is 28.4 Å². The van der Waals surface area contributed by atoms with Gasteiger partial charge in [0.2, 0.25) is 0 Å². The number of alkyl halides is 1. The van der Waals surface area contributed by atoms with Gasteiger partial charge in [0.25, 0.3) is 0 Å². The van der Waals surface area contributed by atoms with Crippen LogP contribution in [0.4, 0.5) is 0 Å². The minimum absolute atomic E-state index is 0.216. The number of rotatable bonds is 10. The van der Waals surface area contributed by atoms with Crippen LogP contribution in [-0.4, -0.2) is 22.4 Å². The van der Waals surface area contributed by atoms with Crippen molar-refractivity contribution in [3.05, 3.63) is 108 Å². The molecule has 2 saturated carbocycles. The second-order valence-electron chi connectivity index (χ2n) is 13.3. The third-order valence-electron chi connectivity index (χ3n) is 10.6. The summed E-state index contributed by atoms with van der Waals surface area (Å²) in [5.41, 5.74) is 3.70. The Balaban J connectivity index is 1.32. The quantitative estimate of drug-likeness (QED) is 0.162. The van der Waals surface area contributed by atoms with Crippen LogP contribution in [0, 0.1) is 22.7 Å². The highest BCUT2D eigenvalue weighted by molar-refractivity contribution is 14.1. The first-order chi connectivity index (χ1) is 19.2. The van der Waals surface area contributed by atoms with E-state index in [9.17, 15) is 0 Å². The molecule has 6 rings (SSSR count). The van der Waals surface area contributed by atoms with Crippen molar-refractivity contribution in [1.82, 2.24) is 0 Å². The number of ether oxygens (including phenoxy) is 3. The molecule has 0 N–H and O–H groups in total. The first kappa shape index (κ1) is 28.4. The maximum absolute atomic E-state index is 7.22. The molecule has 1 heterocycles. The van der Waals surface area contributed by atoms with E-state index < -0.39 is 0 Å². The first-order valence-corrected chi connectivity index (χ1v) is 16.5. The molecule has 0 spiro atoms. The number of halogens is 1. The Morgan fingerprint density at radius 1 is 0.875 bits per heavy atom. The molecule has 0 aromatic heterocycles. The van der Waals surface area contributed by atoms with Crippen molar-refractivity contribution < 1.29 is 14.2 Å². The summed E-state index contributed by atoms with van der Waals surface area (Å²) in [5, 5.41) is 0. The van der Waals surface area contributed by atoms with Gasteiger partial charge in [-0.25, -0.2) is 0 Å². The number of hydrogen-bond donors (Lipinski definition) is 0. The van der Waals surface area contributed by atoms with Crippen LogP contribution in [0.25, 0.3) is 0 Å². The van der Waals surface area contributed by atoms with Crippen LogP contribution >= 0.6 is 22.6 Å². The topological polar surface area (TPSA) is 27.7 Å². The Labute approximate surface area is 254 Å². The van der Waals surface area contributed by atoms with Gasteiger partial charge in [0.15, 0.2) is 6.29 Å². The predicted octanol–water partition coefficient (Wildman–Crippen LogP) is 9.13. The highest BCUT2D eigenvalue weighted by atomic mass is 127. The van der Waals surface area contributed by atoms with Crippen molar-refractivity contribution in [3.8, 4) is 0 Å². The van der Waals surface area contributed by atoms with Crippen LogP contribution in [0.5, 0.6) is 0 Å². The monoisotopic (exact) mass is 650 g/mol. The summed E-state index contributed by atoms with van der Waals surface area (Å²) in [6.45, 7) is 9.62. The number of fused-ring (bicyclic) bond motifs is 5. The van der Waals surface area contributed by atoms with Gasteiger partial charge in [0.05, 0.1) is 11.7 Å². The lowest BCUT2D eigenvalue weighted by molar-refractivity contribution is -0.224. The van der Waals surface area contributed by atoms with Gasteiger partial charge in [-0.2, -0.15) is 0 Å². The lowest BCUT2D eigenvalue weighted by Gasteiger charge is -2.40. The number of hydrogen-bond acceptors (Lipinski definition) is 3. The molecule has 8 atom stereocenters. The summed E-state index contributed by atoms with van der Waals surface area (Å²) < 4.78 is 22.0. The van der Waals surface area contributed by atoms with Crippen LogP contribution in [0.15, 0.2) is 91.0 Å². The maximum atomic E-state index is 7.22. The lowest BCUT2D eigenvalue weighted by atomic mass is 9.70. The third kappa shape index (κ3) is 5.08. The lowest BCUT2D eigenvalue weighted by Crippen LogP contribution is -2.39. The van der Waals surface area contributed by atoms with Crippen LogP contribution in [-0.2, 0) is 20.6 Å². The van der Waals surface area contributed by atoms with E-state index in [1.54, 1.807) is 0 Å². The Hall–Kier alpha value is -1.73. The molecule has 3 aliphatic rings. The summed E-state index contributed by atoms with van der Waals surface area (Å²) >= 11 is 2.48. The molecule has 212 valence electrons. The van der Waals surface area contributed by atoms with Crippen LogP contribution in [0.3, 0.4) is 0 Å². The average molecular weight is 651 g/mol. The minimum atomic E-state index is -0.373. The molecule has 3 aromatic carbocycles. The Morgan fingerprint density at radius 2 is 1.45 bits per heavy atom. The minimum Gasteiger partial charge on any atom is -0.363 e. The maximum Gasteiger partial charge on any atom is 0.159 e.